The van der Waals surface area contributed by atoms with Crippen LogP contribution in [0.3, 0.4) is 0 Å². The van der Waals surface area contributed by atoms with Crippen molar-refractivity contribution in [2.75, 3.05) is 11.2 Å². The summed E-state index contributed by atoms with van der Waals surface area (Å²) in [5, 5.41) is 0.361. The van der Waals surface area contributed by atoms with Crippen molar-refractivity contribution in [2.24, 2.45) is 0 Å². The van der Waals surface area contributed by atoms with Crippen LogP contribution >= 0.6 is 22.6 Å². The third-order valence-electron chi connectivity index (χ3n) is 2.12. The van der Waals surface area contributed by atoms with Crippen molar-refractivity contribution in [3.63, 3.8) is 0 Å². The summed E-state index contributed by atoms with van der Waals surface area (Å²) in [5.74, 6) is -1.98. The molecule has 1 aromatic rings. The van der Waals surface area contributed by atoms with Crippen molar-refractivity contribution in [3.05, 3.63) is 35.9 Å². The minimum absolute atomic E-state index is 0.0195. The summed E-state index contributed by atoms with van der Waals surface area (Å²) < 4.78 is 36.8. The summed E-state index contributed by atoms with van der Waals surface area (Å²) in [4.78, 5) is 15.8. The van der Waals surface area contributed by atoms with Crippen molar-refractivity contribution in [1.29, 1.82) is 0 Å². The lowest BCUT2D eigenvalue weighted by molar-refractivity contribution is -0.200. The lowest BCUT2D eigenvalue weighted by Crippen LogP contribution is -2.46. The summed E-state index contributed by atoms with van der Waals surface area (Å²) in [7, 11) is 0. The van der Waals surface area contributed by atoms with Gasteiger partial charge in [0.2, 0.25) is 0 Å². The molecule has 0 aliphatic carbocycles. The highest BCUT2D eigenvalue weighted by Gasteiger charge is 2.52. The minimum Gasteiger partial charge on any atom is -0.210 e. The average molecular weight is 373 g/mol. The van der Waals surface area contributed by atoms with Gasteiger partial charge in [0.25, 0.3) is 0 Å². The van der Waals surface area contributed by atoms with Crippen molar-refractivity contribution >= 4 is 28.5 Å². The molecule has 18 heavy (non-hydrogen) atoms. The van der Waals surface area contributed by atoms with Crippen molar-refractivity contribution < 1.29 is 22.8 Å². The van der Waals surface area contributed by atoms with E-state index >= 15 is 0 Å². The molecule has 0 heterocycles. The molecule has 0 spiro atoms. The van der Waals surface area contributed by atoms with Gasteiger partial charge in [0.1, 0.15) is 0 Å². The highest BCUT2D eigenvalue weighted by Crippen LogP contribution is 2.18. The number of alkyl halides is 4. The number of benzene rings is 1. The van der Waals surface area contributed by atoms with Gasteiger partial charge in [0, 0.05) is 6.42 Å². The van der Waals surface area contributed by atoms with Gasteiger partial charge in [-0.05, 0) is 28.2 Å². The number of rotatable bonds is 5. The van der Waals surface area contributed by atoms with Crippen LogP contribution in [0.25, 0.3) is 0 Å². The first-order chi connectivity index (χ1) is 8.45. The first-order valence-corrected chi connectivity index (χ1v) is 6.59. The van der Waals surface area contributed by atoms with Crippen LogP contribution in [0.5, 0.6) is 0 Å². The number of halogens is 4. The topological polar surface area (TPSA) is 32.2 Å². The fourth-order valence-corrected chi connectivity index (χ4v) is 1.64. The quantitative estimate of drug-likeness (QED) is 0.344. The van der Waals surface area contributed by atoms with Gasteiger partial charge >= 0.3 is 12.1 Å². The number of hydrogen-bond donors (Lipinski definition) is 0. The van der Waals surface area contributed by atoms with Gasteiger partial charge < -0.3 is 0 Å². The Balaban J connectivity index is 2.61. The van der Waals surface area contributed by atoms with Gasteiger partial charge in [-0.2, -0.15) is 13.2 Å². The third-order valence-corrected chi connectivity index (χ3v) is 2.40. The minimum atomic E-state index is -4.91. The zero-order valence-electron chi connectivity index (χ0n) is 9.28. The van der Waals surface area contributed by atoms with Crippen LogP contribution in [0.15, 0.2) is 30.3 Å². The van der Waals surface area contributed by atoms with E-state index in [1.807, 2.05) is 6.07 Å². The molecule has 1 rings (SSSR count). The Morgan fingerprint density at radius 2 is 1.89 bits per heavy atom. The van der Waals surface area contributed by atoms with Gasteiger partial charge in [-0.3, -0.25) is 0 Å². The van der Waals surface area contributed by atoms with Crippen LogP contribution in [-0.4, -0.2) is 23.2 Å². The SMILES string of the molecule is O=C([N+](CCc1ccccc1)OCI)C(F)(F)F. The Morgan fingerprint density at radius 1 is 1.28 bits per heavy atom. The third kappa shape index (κ3) is 4.91. The molecule has 0 aliphatic rings. The van der Waals surface area contributed by atoms with E-state index in [0.717, 1.165) is 5.56 Å². The number of carbonyl (C=O) groups is 1. The van der Waals surface area contributed by atoms with E-state index < -0.39 is 12.1 Å². The molecule has 0 N–H and O–H groups in total. The monoisotopic (exact) mass is 373 g/mol. The van der Waals surface area contributed by atoms with Gasteiger partial charge in [-0.1, -0.05) is 30.3 Å². The van der Waals surface area contributed by atoms with Gasteiger partial charge in [0.05, 0.1) is 5.06 Å². The molecule has 0 unspecified atom stereocenters. The predicted octanol–water partition coefficient (Wildman–Crippen LogP) is 2.78. The molecular weight excluding hydrogens is 362 g/mol. The maximum atomic E-state index is 12.3. The van der Waals surface area contributed by atoms with E-state index in [1.165, 1.54) is 0 Å². The maximum absolute atomic E-state index is 12.3. The van der Waals surface area contributed by atoms with Crippen molar-refractivity contribution in [1.82, 2.24) is 5.06 Å². The molecule has 0 saturated heterocycles. The second-order valence-electron chi connectivity index (χ2n) is 3.38. The number of nitrogens with zero attached hydrogens (tertiary/aromatic N) is 1. The molecular formula is C11H11F3INO2+. The summed E-state index contributed by atoms with van der Waals surface area (Å²) >= 11 is 1.74. The molecule has 0 atom stereocenters. The van der Waals surface area contributed by atoms with E-state index in [1.54, 1.807) is 46.9 Å². The van der Waals surface area contributed by atoms with Crippen molar-refractivity contribution in [3.8, 4) is 0 Å². The van der Waals surface area contributed by atoms with Crippen LogP contribution in [0.1, 0.15) is 5.56 Å². The summed E-state index contributed by atoms with van der Waals surface area (Å²) in [6.07, 6.45) is -4.61. The van der Waals surface area contributed by atoms with Gasteiger partial charge in [0.15, 0.2) is 11.2 Å². The molecule has 0 aliphatic heterocycles. The molecule has 0 saturated carbocycles. The lowest BCUT2D eigenvalue weighted by Gasteiger charge is -2.08. The second-order valence-corrected chi connectivity index (χ2v) is 4.00. The van der Waals surface area contributed by atoms with E-state index in [9.17, 15) is 18.0 Å². The van der Waals surface area contributed by atoms with Crippen LogP contribution in [0, 0.1) is 0 Å². The summed E-state index contributed by atoms with van der Waals surface area (Å²) in [5.41, 5.74) is 0.842. The van der Waals surface area contributed by atoms with Crippen LogP contribution in [0.4, 0.5) is 13.2 Å². The van der Waals surface area contributed by atoms with Gasteiger partial charge in [-0.15, -0.1) is 4.84 Å². The molecule has 7 heteroatoms. The molecule has 3 nitrogen and oxygen atoms in total. The largest absolute Gasteiger partial charge is 0.518 e. The fraction of sp³-hybridized carbons (Fsp3) is 0.364. The Labute approximate surface area is 116 Å². The zero-order chi connectivity index (χ0) is 13.6. The Hall–Kier alpha value is -0.670. The highest BCUT2D eigenvalue weighted by molar-refractivity contribution is 14.1. The molecule has 0 aromatic heterocycles. The van der Waals surface area contributed by atoms with E-state index in [2.05, 4.69) is 0 Å². The molecule has 0 fully saturated rings. The summed E-state index contributed by atoms with van der Waals surface area (Å²) in [6.45, 7) is -0.134. The standard InChI is InChI=1S/C11H11F3INO2/c12-11(13,14)10(17)16(18-8-15)7-6-9-4-2-1-3-5-9/h1-5H,6-8H2/q+1. The van der Waals surface area contributed by atoms with E-state index in [-0.39, 0.29) is 11.2 Å². The fourth-order valence-electron chi connectivity index (χ4n) is 1.30. The second kappa shape index (κ2) is 7.05. The van der Waals surface area contributed by atoms with Crippen LogP contribution in [-0.2, 0) is 16.1 Å². The first kappa shape index (κ1) is 15.4. The van der Waals surface area contributed by atoms with E-state index in [0.29, 0.717) is 11.5 Å². The molecule has 1 aromatic carbocycles. The van der Waals surface area contributed by atoms with Crippen LogP contribution in [0.2, 0.25) is 0 Å². The number of carbonyl (C=O) groups excluding carboxylic acids is 1. The number of amides is 1. The van der Waals surface area contributed by atoms with E-state index in [4.69, 9.17) is 4.84 Å². The normalized spacial score (nSPS) is 11.8. The highest BCUT2D eigenvalue weighted by atomic mass is 127. The van der Waals surface area contributed by atoms with Crippen molar-refractivity contribution in [2.45, 2.75) is 12.6 Å². The number of hydrogen-bond acceptors (Lipinski definition) is 2. The Morgan fingerprint density at radius 3 is 2.39 bits per heavy atom. The van der Waals surface area contributed by atoms with Gasteiger partial charge in [-0.25, -0.2) is 4.79 Å². The zero-order valence-corrected chi connectivity index (χ0v) is 11.4. The van der Waals surface area contributed by atoms with Crippen LogP contribution < -0.4 is 5.06 Å². The predicted molar refractivity (Wildman–Crippen MR) is 68.2 cm³/mol. The maximum Gasteiger partial charge on any atom is 0.518 e. The first-order valence-electron chi connectivity index (χ1n) is 5.06. The molecule has 99 valence electrons. The summed E-state index contributed by atoms with van der Waals surface area (Å²) in [6, 6.07) is 8.93. The smallest absolute Gasteiger partial charge is 0.210 e. The molecule has 0 bridgehead atoms. The molecule has 1 amide bonds. The number of hydroxylamine groups is 2. The average Bonchev–Trinajstić information content (AvgIpc) is 2.34. The Bertz CT molecular complexity index is 384. The lowest BCUT2D eigenvalue weighted by atomic mass is 10.1. The Kier molecular flexibility index (Phi) is 6.03. The molecule has 1 radical (unpaired) electrons.